The molecule has 0 unspecified atom stereocenters. The van der Waals surface area contributed by atoms with Gasteiger partial charge in [0.15, 0.2) is 5.82 Å². The molecule has 0 spiro atoms. The summed E-state index contributed by atoms with van der Waals surface area (Å²) < 4.78 is 0. The zero-order valence-corrected chi connectivity index (χ0v) is 12.0. The normalized spacial score (nSPS) is 16.2. The van der Waals surface area contributed by atoms with Gasteiger partial charge in [-0.15, -0.1) is 0 Å². The quantitative estimate of drug-likeness (QED) is 0.877. The average molecular weight is 307 g/mol. The second-order valence-electron chi connectivity index (χ2n) is 5.01. The molecule has 21 heavy (non-hydrogen) atoms. The van der Waals surface area contributed by atoms with Crippen molar-refractivity contribution in [3.05, 3.63) is 39.9 Å². The lowest BCUT2D eigenvalue weighted by Crippen LogP contribution is -2.37. The van der Waals surface area contributed by atoms with Gasteiger partial charge >= 0.3 is 0 Å². The van der Waals surface area contributed by atoms with Gasteiger partial charge in [0.25, 0.3) is 5.56 Å². The third kappa shape index (κ3) is 2.91. The molecule has 0 bridgehead atoms. The molecular weight excluding hydrogens is 292 g/mol. The van der Waals surface area contributed by atoms with E-state index in [0.717, 1.165) is 5.56 Å². The molecule has 0 radical (unpaired) electrons. The topological polar surface area (TPSA) is 82.1 Å². The van der Waals surface area contributed by atoms with Crippen LogP contribution < -0.4 is 10.5 Å². The zero-order chi connectivity index (χ0) is 14.8. The van der Waals surface area contributed by atoms with E-state index in [-0.39, 0.29) is 16.7 Å². The SMILES string of the molecule is O=c1[nH]c(-c2ccncc2)nc(N2CCC(O)CC2)c1Cl. The number of nitrogens with one attached hydrogen (secondary N) is 1. The first-order valence-corrected chi connectivity index (χ1v) is 7.16. The summed E-state index contributed by atoms with van der Waals surface area (Å²) in [5.41, 5.74) is 0.414. The maximum Gasteiger partial charge on any atom is 0.272 e. The lowest BCUT2D eigenvalue weighted by Gasteiger charge is -2.31. The Balaban J connectivity index is 2.01. The molecule has 3 rings (SSSR count). The van der Waals surface area contributed by atoms with Crippen molar-refractivity contribution in [2.45, 2.75) is 18.9 Å². The number of aliphatic hydroxyl groups is 1. The Morgan fingerprint density at radius 2 is 1.95 bits per heavy atom. The Kier molecular flexibility index (Phi) is 3.90. The van der Waals surface area contributed by atoms with E-state index < -0.39 is 0 Å². The molecule has 0 saturated carbocycles. The van der Waals surface area contributed by atoms with Gasteiger partial charge in [-0.25, -0.2) is 4.98 Å². The number of aromatic nitrogens is 3. The van der Waals surface area contributed by atoms with Crippen molar-refractivity contribution in [2.75, 3.05) is 18.0 Å². The van der Waals surface area contributed by atoms with Gasteiger partial charge in [-0.2, -0.15) is 0 Å². The minimum Gasteiger partial charge on any atom is -0.393 e. The minimum absolute atomic E-state index is 0.0872. The summed E-state index contributed by atoms with van der Waals surface area (Å²) in [6, 6.07) is 3.55. The van der Waals surface area contributed by atoms with Crippen molar-refractivity contribution in [3.63, 3.8) is 0 Å². The number of aliphatic hydroxyl groups excluding tert-OH is 1. The molecular formula is C14H15ClN4O2. The van der Waals surface area contributed by atoms with Crippen LogP contribution in [-0.2, 0) is 0 Å². The van der Waals surface area contributed by atoms with Crippen molar-refractivity contribution >= 4 is 17.4 Å². The highest BCUT2D eigenvalue weighted by molar-refractivity contribution is 6.32. The Morgan fingerprint density at radius 1 is 1.29 bits per heavy atom. The molecule has 1 aliphatic heterocycles. The van der Waals surface area contributed by atoms with Crippen LogP contribution in [0.15, 0.2) is 29.3 Å². The van der Waals surface area contributed by atoms with Crippen LogP contribution in [0, 0.1) is 0 Å². The largest absolute Gasteiger partial charge is 0.393 e. The molecule has 7 heteroatoms. The average Bonchev–Trinajstić information content (AvgIpc) is 2.52. The first kappa shape index (κ1) is 14.0. The summed E-state index contributed by atoms with van der Waals surface area (Å²) in [7, 11) is 0. The van der Waals surface area contributed by atoms with E-state index in [0.29, 0.717) is 37.6 Å². The van der Waals surface area contributed by atoms with Crippen LogP contribution in [0.4, 0.5) is 5.82 Å². The van der Waals surface area contributed by atoms with Gasteiger partial charge < -0.3 is 15.0 Å². The van der Waals surface area contributed by atoms with Gasteiger partial charge in [-0.1, -0.05) is 11.6 Å². The molecule has 1 fully saturated rings. The zero-order valence-electron chi connectivity index (χ0n) is 11.3. The number of rotatable bonds is 2. The van der Waals surface area contributed by atoms with Crippen molar-refractivity contribution in [1.29, 1.82) is 0 Å². The fourth-order valence-electron chi connectivity index (χ4n) is 2.38. The maximum absolute atomic E-state index is 12.0. The van der Waals surface area contributed by atoms with Crippen molar-refractivity contribution < 1.29 is 5.11 Å². The fraction of sp³-hybridized carbons (Fsp3) is 0.357. The molecule has 0 atom stereocenters. The number of H-pyrrole nitrogens is 1. The predicted octanol–water partition coefficient (Wildman–Crippen LogP) is 1.45. The van der Waals surface area contributed by atoms with Crippen LogP contribution in [0.2, 0.25) is 5.02 Å². The van der Waals surface area contributed by atoms with E-state index in [9.17, 15) is 9.90 Å². The second kappa shape index (κ2) is 5.83. The number of aromatic amines is 1. The number of pyridine rings is 1. The number of nitrogens with zero attached hydrogens (tertiary/aromatic N) is 3. The van der Waals surface area contributed by atoms with Crippen molar-refractivity contribution in [2.24, 2.45) is 0 Å². The second-order valence-corrected chi connectivity index (χ2v) is 5.38. The fourth-order valence-corrected chi connectivity index (χ4v) is 2.59. The Labute approximate surface area is 126 Å². The van der Waals surface area contributed by atoms with E-state index in [1.165, 1.54) is 0 Å². The highest BCUT2D eigenvalue weighted by Gasteiger charge is 2.22. The molecule has 0 amide bonds. The molecule has 2 aromatic rings. The number of halogens is 1. The Hall–Kier alpha value is -1.92. The molecule has 2 aromatic heterocycles. The molecule has 110 valence electrons. The standard InChI is InChI=1S/C14H15ClN4O2/c15-11-13(19-7-3-10(20)4-8-19)17-12(18-14(11)21)9-1-5-16-6-2-9/h1-2,5-6,10,20H,3-4,7-8H2,(H,17,18,21). The molecule has 1 aliphatic rings. The third-order valence-corrected chi connectivity index (χ3v) is 3.90. The van der Waals surface area contributed by atoms with Gasteiger partial charge in [0.05, 0.1) is 6.10 Å². The van der Waals surface area contributed by atoms with E-state index in [1.54, 1.807) is 24.5 Å². The highest BCUT2D eigenvalue weighted by Crippen LogP contribution is 2.25. The van der Waals surface area contributed by atoms with Crippen molar-refractivity contribution in [3.8, 4) is 11.4 Å². The van der Waals surface area contributed by atoms with Gasteiger partial charge in [0, 0.05) is 31.0 Å². The first-order chi connectivity index (χ1) is 10.1. The lowest BCUT2D eigenvalue weighted by molar-refractivity contribution is 0.145. The molecule has 0 aromatic carbocycles. The van der Waals surface area contributed by atoms with Crippen LogP contribution in [0.25, 0.3) is 11.4 Å². The van der Waals surface area contributed by atoms with Crippen LogP contribution >= 0.6 is 11.6 Å². The van der Waals surface area contributed by atoms with E-state index >= 15 is 0 Å². The van der Waals surface area contributed by atoms with Gasteiger partial charge in [0.1, 0.15) is 10.8 Å². The van der Waals surface area contributed by atoms with Crippen molar-refractivity contribution in [1.82, 2.24) is 15.0 Å². The van der Waals surface area contributed by atoms with Gasteiger partial charge in [0.2, 0.25) is 0 Å². The molecule has 1 saturated heterocycles. The number of piperidine rings is 1. The van der Waals surface area contributed by atoms with Gasteiger partial charge in [-0.3, -0.25) is 9.78 Å². The summed E-state index contributed by atoms with van der Waals surface area (Å²) in [6.07, 6.45) is 4.29. The molecule has 0 aliphatic carbocycles. The van der Waals surface area contributed by atoms with Crippen LogP contribution in [0.5, 0.6) is 0 Å². The summed E-state index contributed by atoms with van der Waals surface area (Å²) in [5, 5.41) is 9.66. The predicted molar refractivity (Wildman–Crippen MR) is 80.6 cm³/mol. The monoisotopic (exact) mass is 306 g/mol. The Morgan fingerprint density at radius 3 is 2.62 bits per heavy atom. The molecule has 6 nitrogen and oxygen atoms in total. The molecule has 3 heterocycles. The number of hydrogen-bond donors (Lipinski definition) is 2. The van der Waals surface area contributed by atoms with E-state index in [1.807, 2.05) is 4.90 Å². The van der Waals surface area contributed by atoms with Gasteiger partial charge in [-0.05, 0) is 25.0 Å². The number of hydrogen-bond acceptors (Lipinski definition) is 5. The molecule has 2 N–H and O–H groups in total. The van der Waals surface area contributed by atoms with Crippen LogP contribution in [0.3, 0.4) is 0 Å². The first-order valence-electron chi connectivity index (χ1n) is 6.78. The third-order valence-electron chi connectivity index (χ3n) is 3.56. The minimum atomic E-state index is -0.361. The number of anilines is 1. The summed E-state index contributed by atoms with van der Waals surface area (Å²) in [5.74, 6) is 0.937. The van der Waals surface area contributed by atoms with E-state index in [4.69, 9.17) is 11.6 Å². The van der Waals surface area contributed by atoms with Crippen LogP contribution in [0.1, 0.15) is 12.8 Å². The smallest absolute Gasteiger partial charge is 0.272 e. The summed E-state index contributed by atoms with van der Waals surface area (Å²) in [6.45, 7) is 1.26. The highest BCUT2D eigenvalue weighted by atomic mass is 35.5. The summed E-state index contributed by atoms with van der Waals surface area (Å²) >= 11 is 6.10. The Bertz CT molecular complexity index is 681. The van der Waals surface area contributed by atoms with E-state index in [2.05, 4.69) is 15.0 Å². The maximum atomic E-state index is 12.0. The lowest BCUT2D eigenvalue weighted by atomic mass is 10.1. The van der Waals surface area contributed by atoms with Crippen LogP contribution in [-0.4, -0.2) is 39.3 Å². The summed E-state index contributed by atoms with van der Waals surface area (Å²) in [4.78, 5) is 25.1.